The quantitative estimate of drug-likeness (QED) is 0.415. The Kier molecular flexibility index (Phi) is 50.1. The first-order valence-electron chi connectivity index (χ1n) is 0.894. The van der Waals surface area contributed by atoms with Crippen LogP contribution in [0.3, 0.4) is 0 Å². The Balaban J connectivity index is -0.0000000200. The molecule has 0 aromatic carbocycles. The van der Waals surface area contributed by atoms with Crippen molar-refractivity contribution in [3.63, 3.8) is 0 Å². The Morgan fingerprint density at radius 2 is 1.00 bits per heavy atom. The van der Waals surface area contributed by atoms with Crippen molar-refractivity contribution in [3.8, 4) is 0 Å². The summed E-state index contributed by atoms with van der Waals surface area (Å²) < 4.78 is 0. The Labute approximate surface area is 88.0 Å². The van der Waals surface area contributed by atoms with Crippen molar-refractivity contribution in [1.82, 2.24) is 0 Å². The van der Waals surface area contributed by atoms with E-state index >= 15 is 0 Å². The molecule has 0 atom stereocenters. The van der Waals surface area contributed by atoms with Gasteiger partial charge in [0.1, 0.15) is 0 Å². The van der Waals surface area contributed by atoms with Crippen molar-refractivity contribution in [2.75, 3.05) is 12.5 Å². The van der Waals surface area contributed by atoms with Gasteiger partial charge in [-0.15, -0.1) is 0 Å². The summed E-state index contributed by atoms with van der Waals surface area (Å²) in [6.07, 6.45) is 4.19. The zero-order valence-corrected chi connectivity index (χ0v) is 10.2. The molecule has 0 heterocycles. The van der Waals surface area contributed by atoms with Crippen LogP contribution in [0.5, 0.6) is 0 Å². The van der Waals surface area contributed by atoms with Gasteiger partial charge in [0, 0.05) is 65.4 Å². The van der Waals surface area contributed by atoms with Crippen molar-refractivity contribution in [1.29, 1.82) is 0 Å². The van der Waals surface area contributed by atoms with Crippen LogP contribution in [-0.2, 0) is 77.2 Å². The molecule has 2 radical (unpaired) electrons. The van der Waals surface area contributed by atoms with Crippen molar-refractivity contribution in [2.24, 2.45) is 0 Å². The van der Waals surface area contributed by atoms with Gasteiger partial charge in [-0.1, -0.05) is 0 Å². The second-order valence-electron chi connectivity index (χ2n) is 0.447. The molecule has 0 aromatic rings. The number of thiol groups is 1. The van der Waals surface area contributed by atoms with E-state index in [1.165, 1.54) is 11.8 Å². The van der Waals surface area contributed by atoms with Gasteiger partial charge in [-0.05, 0) is 11.8 Å². The fourth-order valence-electron chi connectivity index (χ4n) is 0. The standard InChI is InChI=1S/C2H6S.2Y/c1-3-2;;/h1-2H3;;/p+1. The summed E-state index contributed by atoms with van der Waals surface area (Å²) in [6.45, 7) is 0. The molecule has 0 spiro atoms. The molecule has 0 aliphatic heterocycles. The molecule has 3 heteroatoms. The minimum Gasteiger partial charge on any atom is -0.0337 e. The molecule has 0 N–H and O–H groups in total. The van der Waals surface area contributed by atoms with Gasteiger partial charge in [-0.2, -0.15) is 0 Å². The van der Waals surface area contributed by atoms with Crippen LogP contribution >= 0.6 is 0 Å². The second-order valence-corrected chi connectivity index (χ2v) is 1.34. The van der Waals surface area contributed by atoms with E-state index < -0.39 is 0 Å². The minimum absolute atomic E-state index is 0. The summed E-state index contributed by atoms with van der Waals surface area (Å²) in [5.41, 5.74) is 0. The van der Waals surface area contributed by atoms with Gasteiger partial charge in [-0.3, -0.25) is 0 Å². The summed E-state index contributed by atoms with van der Waals surface area (Å²) in [7, 11) is 0. The van der Waals surface area contributed by atoms with Crippen molar-refractivity contribution in [2.45, 2.75) is 0 Å². The molecule has 0 aromatic heterocycles. The SMILES string of the molecule is C[SH+]C.[Y].[Y]. The van der Waals surface area contributed by atoms with Crippen molar-refractivity contribution < 1.29 is 65.4 Å². The maximum Gasteiger partial charge on any atom is 0.0949 e. The molecular weight excluding hydrogens is 234 g/mol. The van der Waals surface area contributed by atoms with Crippen LogP contribution in [0.2, 0.25) is 0 Å². The normalized spacial score (nSPS) is 3.60. The molecule has 0 bridgehead atoms. The predicted octanol–water partition coefficient (Wildman–Crippen LogP) is 0.0559. The zero-order valence-electron chi connectivity index (χ0n) is 3.60. The molecule has 0 nitrogen and oxygen atoms in total. The maximum atomic E-state index is 2.10. The summed E-state index contributed by atoms with van der Waals surface area (Å²) in [5.74, 6) is 0. The third-order valence-electron chi connectivity index (χ3n) is 0. The number of rotatable bonds is 0. The number of hydrogen-bond donors (Lipinski definition) is 0. The fourth-order valence-corrected chi connectivity index (χ4v) is 0. The first-order chi connectivity index (χ1) is 1.41. The summed E-state index contributed by atoms with van der Waals surface area (Å²) in [5, 5.41) is 0. The third kappa shape index (κ3) is 20.8. The summed E-state index contributed by atoms with van der Waals surface area (Å²) in [6, 6.07) is 0. The van der Waals surface area contributed by atoms with E-state index in [1.54, 1.807) is 0 Å². The summed E-state index contributed by atoms with van der Waals surface area (Å²) >= 11 is 1.42. The molecule has 0 unspecified atom stereocenters. The van der Waals surface area contributed by atoms with Gasteiger partial charge in [-0.25, -0.2) is 0 Å². The Morgan fingerprint density at radius 3 is 1.00 bits per heavy atom. The third-order valence-corrected chi connectivity index (χ3v) is 0. The fraction of sp³-hybridized carbons (Fsp3) is 1.00. The smallest absolute Gasteiger partial charge is 0.0337 e. The average molecular weight is 241 g/mol. The van der Waals surface area contributed by atoms with Crippen LogP contribution < -0.4 is 0 Å². The summed E-state index contributed by atoms with van der Waals surface area (Å²) in [4.78, 5) is 0. The monoisotopic (exact) mass is 241 g/mol. The second kappa shape index (κ2) is 16.0. The van der Waals surface area contributed by atoms with E-state index in [0.29, 0.717) is 0 Å². The van der Waals surface area contributed by atoms with Crippen LogP contribution in [-0.4, -0.2) is 12.5 Å². The van der Waals surface area contributed by atoms with Crippen LogP contribution in [0.15, 0.2) is 0 Å². The molecule has 0 saturated heterocycles. The van der Waals surface area contributed by atoms with E-state index in [-0.39, 0.29) is 65.4 Å². The van der Waals surface area contributed by atoms with E-state index in [4.69, 9.17) is 0 Å². The molecule has 0 aliphatic carbocycles. The molecule has 0 fully saturated rings. The van der Waals surface area contributed by atoms with E-state index in [0.717, 1.165) is 0 Å². The average Bonchev–Trinajstić information content (AvgIpc) is 0.918. The Bertz CT molecular complexity index is 7.61. The maximum absolute atomic E-state index is 2.10. The van der Waals surface area contributed by atoms with Gasteiger partial charge in [0.25, 0.3) is 0 Å². The van der Waals surface area contributed by atoms with Crippen LogP contribution in [0, 0.1) is 0 Å². The van der Waals surface area contributed by atoms with Crippen LogP contribution in [0.25, 0.3) is 0 Å². The Hall–Kier alpha value is 2.56. The molecule has 0 rings (SSSR count). The topological polar surface area (TPSA) is 0 Å². The zero-order chi connectivity index (χ0) is 2.71. The Morgan fingerprint density at radius 1 is 1.00 bits per heavy atom. The van der Waals surface area contributed by atoms with Gasteiger partial charge < -0.3 is 0 Å². The van der Waals surface area contributed by atoms with Crippen LogP contribution in [0.4, 0.5) is 0 Å². The predicted molar refractivity (Wildman–Crippen MR) is 20.6 cm³/mol. The van der Waals surface area contributed by atoms with Gasteiger partial charge in [0.05, 0.1) is 12.5 Å². The first-order valence-corrected chi connectivity index (χ1v) is 2.68. The van der Waals surface area contributed by atoms with Gasteiger partial charge >= 0.3 is 0 Å². The first kappa shape index (κ1) is 15.6. The van der Waals surface area contributed by atoms with Crippen molar-refractivity contribution in [3.05, 3.63) is 0 Å². The largest absolute Gasteiger partial charge is 0.0949 e. The van der Waals surface area contributed by atoms with Crippen molar-refractivity contribution >= 4 is 11.8 Å². The minimum atomic E-state index is 0. The molecule has 26 valence electrons. The molecule has 0 amide bonds. The van der Waals surface area contributed by atoms with E-state index in [1.807, 2.05) is 0 Å². The van der Waals surface area contributed by atoms with Crippen LogP contribution in [0.1, 0.15) is 0 Å². The molecule has 5 heavy (non-hydrogen) atoms. The van der Waals surface area contributed by atoms with Gasteiger partial charge in [0.15, 0.2) is 0 Å². The van der Waals surface area contributed by atoms with E-state index in [9.17, 15) is 0 Å². The molecular formula is C2H7SY2+. The van der Waals surface area contributed by atoms with E-state index in [2.05, 4.69) is 12.5 Å². The number of hydrogen-bond acceptors (Lipinski definition) is 0. The molecule has 0 saturated carbocycles. The molecule has 0 aliphatic rings. The van der Waals surface area contributed by atoms with Gasteiger partial charge in [0.2, 0.25) is 0 Å².